The van der Waals surface area contributed by atoms with Crippen molar-refractivity contribution < 1.29 is 18.7 Å². The van der Waals surface area contributed by atoms with Crippen molar-refractivity contribution in [3.63, 3.8) is 0 Å². The van der Waals surface area contributed by atoms with E-state index in [0.717, 1.165) is 13.0 Å². The average Bonchev–Trinajstić information content (AvgIpc) is 2.78. The molecule has 1 fully saturated rings. The highest BCUT2D eigenvalue weighted by Gasteiger charge is 2.22. The number of ether oxygens (including phenoxy) is 2. The van der Waals surface area contributed by atoms with Crippen LogP contribution in [0.1, 0.15) is 23.7 Å². The second-order valence-corrected chi connectivity index (χ2v) is 4.69. The fourth-order valence-corrected chi connectivity index (χ4v) is 2.27. The van der Waals surface area contributed by atoms with E-state index < -0.39 is 11.8 Å². The van der Waals surface area contributed by atoms with Gasteiger partial charge in [0.1, 0.15) is 5.52 Å². The van der Waals surface area contributed by atoms with Gasteiger partial charge in [-0.1, -0.05) is 0 Å². The number of benzene rings is 1. The molecule has 2 heterocycles. The van der Waals surface area contributed by atoms with Crippen LogP contribution in [-0.4, -0.2) is 34.8 Å². The molecule has 0 radical (unpaired) electrons. The van der Waals surface area contributed by atoms with Crippen molar-refractivity contribution in [2.45, 2.75) is 26.0 Å². The summed E-state index contributed by atoms with van der Waals surface area (Å²) >= 11 is 0. The Morgan fingerprint density at radius 3 is 3.05 bits per heavy atom. The van der Waals surface area contributed by atoms with E-state index in [9.17, 15) is 9.18 Å². The van der Waals surface area contributed by atoms with Crippen molar-refractivity contribution in [2.24, 2.45) is 0 Å². The zero-order valence-electron chi connectivity index (χ0n) is 11.1. The molecule has 1 unspecified atom stereocenters. The molecule has 1 saturated heterocycles. The highest BCUT2D eigenvalue weighted by Crippen LogP contribution is 2.23. The Morgan fingerprint density at radius 1 is 1.60 bits per heavy atom. The predicted octanol–water partition coefficient (Wildman–Crippen LogP) is 2.14. The van der Waals surface area contributed by atoms with Gasteiger partial charge in [0, 0.05) is 6.61 Å². The van der Waals surface area contributed by atoms with Crippen molar-refractivity contribution >= 4 is 17.0 Å². The molecule has 0 aliphatic carbocycles. The SMILES string of the molecule is CCOC(=O)c1ccc2ncn(CC3CCO3)c2c1F. The number of rotatable bonds is 4. The molecule has 0 spiro atoms. The number of esters is 1. The zero-order valence-corrected chi connectivity index (χ0v) is 11.1. The normalized spacial score (nSPS) is 18.0. The van der Waals surface area contributed by atoms with Gasteiger partial charge < -0.3 is 14.0 Å². The minimum atomic E-state index is -0.653. The Kier molecular flexibility index (Phi) is 3.40. The molecule has 0 N–H and O–H groups in total. The van der Waals surface area contributed by atoms with E-state index in [0.29, 0.717) is 17.6 Å². The maximum atomic E-state index is 14.5. The van der Waals surface area contributed by atoms with Gasteiger partial charge in [0.05, 0.1) is 36.7 Å². The Hall–Kier alpha value is -1.95. The van der Waals surface area contributed by atoms with Gasteiger partial charge in [-0.25, -0.2) is 14.2 Å². The summed E-state index contributed by atoms with van der Waals surface area (Å²) < 4.78 is 26.4. The summed E-state index contributed by atoms with van der Waals surface area (Å²) in [7, 11) is 0. The number of hydrogen-bond donors (Lipinski definition) is 0. The van der Waals surface area contributed by atoms with Gasteiger partial charge in [0.2, 0.25) is 0 Å². The van der Waals surface area contributed by atoms with Crippen molar-refractivity contribution in [1.82, 2.24) is 9.55 Å². The first-order chi connectivity index (χ1) is 9.70. The average molecular weight is 278 g/mol. The first kappa shape index (κ1) is 13.1. The lowest BCUT2D eigenvalue weighted by molar-refractivity contribution is -0.0587. The molecule has 0 bridgehead atoms. The summed E-state index contributed by atoms with van der Waals surface area (Å²) in [6.07, 6.45) is 2.63. The Morgan fingerprint density at radius 2 is 2.40 bits per heavy atom. The van der Waals surface area contributed by atoms with E-state index in [4.69, 9.17) is 9.47 Å². The lowest BCUT2D eigenvalue weighted by Gasteiger charge is -2.26. The lowest BCUT2D eigenvalue weighted by Crippen LogP contribution is -2.31. The van der Waals surface area contributed by atoms with Crippen LogP contribution < -0.4 is 0 Å². The molecule has 1 aromatic heterocycles. The van der Waals surface area contributed by atoms with E-state index in [1.165, 1.54) is 6.07 Å². The fourth-order valence-electron chi connectivity index (χ4n) is 2.27. The van der Waals surface area contributed by atoms with Gasteiger partial charge in [0.15, 0.2) is 5.82 Å². The maximum absolute atomic E-state index is 14.5. The largest absolute Gasteiger partial charge is 0.462 e. The van der Waals surface area contributed by atoms with Gasteiger partial charge in [-0.3, -0.25) is 0 Å². The zero-order chi connectivity index (χ0) is 14.1. The molecule has 106 valence electrons. The second kappa shape index (κ2) is 5.20. The fraction of sp³-hybridized carbons (Fsp3) is 0.429. The molecular formula is C14H15FN2O3. The van der Waals surface area contributed by atoms with E-state index in [1.807, 2.05) is 0 Å². The number of halogens is 1. The smallest absolute Gasteiger partial charge is 0.341 e. The van der Waals surface area contributed by atoms with Crippen molar-refractivity contribution in [3.05, 3.63) is 29.8 Å². The molecular weight excluding hydrogens is 263 g/mol. The van der Waals surface area contributed by atoms with Crippen LogP contribution in [0.25, 0.3) is 11.0 Å². The van der Waals surface area contributed by atoms with E-state index in [-0.39, 0.29) is 18.3 Å². The monoisotopic (exact) mass is 278 g/mol. The predicted molar refractivity (Wildman–Crippen MR) is 70.0 cm³/mol. The number of imidazole rings is 1. The third-order valence-corrected chi connectivity index (χ3v) is 3.41. The molecule has 2 aromatic rings. The quantitative estimate of drug-likeness (QED) is 0.804. The Balaban J connectivity index is 2.00. The van der Waals surface area contributed by atoms with E-state index in [1.54, 1.807) is 23.9 Å². The van der Waals surface area contributed by atoms with Crippen molar-refractivity contribution in [2.75, 3.05) is 13.2 Å². The van der Waals surface area contributed by atoms with Gasteiger partial charge in [-0.2, -0.15) is 0 Å². The molecule has 6 heteroatoms. The topological polar surface area (TPSA) is 53.3 Å². The number of carbonyl (C=O) groups excluding carboxylic acids is 1. The van der Waals surface area contributed by atoms with Crippen LogP contribution >= 0.6 is 0 Å². The third-order valence-electron chi connectivity index (χ3n) is 3.41. The van der Waals surface area contributed by atoms with Gasteiger partial charge in [0.25, 0.3) is 0 Å². The highest BCUT2D eigenvalue weighted by atomic mass is 19.1. The van der Waals surface area contributed by atoms with Gasteiger partial charge in [-0.15, -0.1) is 0 Å². The summed E-state index contributed by atoms with van der Waals surface area (Å²) in [5, 5.41) is 0. The highest BCUT2D eigenvalue weighted by molar-refractivity contribution is 5.94. The van der Waals surface area contributed by atoms with Crippen molar-refractivity contribution in [1.29, 1.82) is 0 Å². The minimum Gasteiger partial charge on any atom is -0.462 e. The molecule has 0 amide bonds. The number of nitrogens with zero attached hydrogens (tertiary/aromatic N) is 2. The summed E-state index contributed by atoms with van der Waals surface area (Å²) in [6, 6.07) is 3.04. The van der Waals surface area contributed by atoms with Crippen LogP contribution in [-0.2, 0) is 16.0 Å². The lowest BCUT2D eigenvalue weighted by atomic mass is 10.1. The molecule has 3 rings (SSSR count). The molecule has 1 aliphatic heterocycles. The molecule has 1 aromatic carbocycles. The summed E-state index contributed by atoms with van der Waals surface area (Å²) in [5.74, 6) is -1.24. The summed E-state index contributed by atoms with van der Waals surface area (Å²) in [6.45, 7) is 3.19. The molecule has 20 heavy (non-hydrogen) atoms. The third kappa shape index (κ3) is 2.16. The van der Waals surface area contributed by atoms with Crippen LogP contribution in [0.5, 0.6) is 0 Å². The van der Waals surface area contributed by atoms with Crippen LogP contribution in [0.3, 0.4) is 0 Å². The maximum Gasteiger partial charge on any atom is 0.341 e. The Bertz CT molecular complexity index is 649. The molecule has 1 atom stereocenters. The molecule has 1 aliphatic rings. The summed E-state index contributed by atoms with van der Waals surface area (Å²) in [4.78, 5) is 15.9. The van der Waals surface area contributed by atoms with Gasteiger partial charge in [-0.05, 0) is 25.5 Å². The van der Waals surface area contributed by atoms with Crippen molar-refractivity contribution in [3.8, 4) is 0 Å². The van der Waals surface area contributed by atoms with Crippen LogP contribution in [0.15, 0.2) is 18.5 Å². The first-order valence-electron chi connectivity index (χ1n) is 6.62. The molecule has 5 nitrogen and oxygen atoms in total. The number of hydrogen-bond acceptors (Lipinski definition) is 4. The number of carbonyl (C=O) groups is 1. The van der Waals surface area contributed by atoms with Crippen LogP contribution in [0.2, 0.25) is 0 Å². The van der Waals surface area contributed by atoms with Crippen LogP contribution in [0, 0.1) is 5.82 Å². The minimum absolute atomic E-state index is 0.0596. The standard InChI is InChI=1S/C14H15FN2O3/c1-2-19-14(18)10-3-4-11-13(12(10)15)17(8-16-11)7-9-5-6-20-9/h3-4,8-9H,2,5-7H2,1H3. The first-order valence-corrected chi connectivity index (χ1v) is 6.62. The summed E-state index contributed by atoms with van der Waals surface area (Å²) in [5.41, 5.74) is 0.788. The van der Waals surface area contributed by atoms with Crippen LogP contribution in [0.4, 0.5) is 4.39 Å². The second-order valence-electron chi connectivity index (χ2n) is 4.69. The van der Waals surface area contributed by atoms with E-state index >= 15 is 0 Å². The Labute approximate surface area is 115 Å². The van der Waals surface area contributed by atoms with Gasteiger partial charge >= 0.3 is 5.97 Å². The number of aromatic nitrogens is 2. The van der Waals surface area contributed by atoms with E-state index in [2.05, 4.69) is 4.98 Å². The molecule has 0 saturated carbocycles. The number of fused-ring (bicyclic) bond motifs is 1.